The normalized spacial score (nSPS) is 19.3. The smallest absolute Gasteiger partial charge is 0.123 e. The molecule has 1 aliphatic heterocycles. The molecule has 1 aromatic carbocycles. The molecule has 0 amide bonds. The maximum Gasteiger partial charge on any atom is 0.123 e. The minimum atomic E-state index is -0.154. The van der Waals surface area contributed by atoms with E-state index in [0.29, 0.717) is 0 Å². The van der Waals surface area contributed by atoms with Gasteiger partial charge in [0.1, 0.15) is 5.82 Å². The lowest BCUT2D eigenvalue weighted by atomic mass is 9.84. The number of likely N-dealkylation sites (N-methyl/N-ethyl adjacent to an activating group) is 1. The first-order valence-corrected chi connectivity index (χ1v) is 8.15. The molecule has 2 nitrogen and oxygen atoms in total. The summed E-state index contributed by atoms with van der Waals surface area (Å²) in [6.45, 7) is 8.93. The molecule has 1 aromatic rings. The van der Waals surface area contributed by atoms with Crippen molar-refractivity contribution < 1.29 is 4.39 Å². The van der Waals surface area contributed by atoms with E-state index in [2.05, 4.69) is 24.1 Å². The molecular formula is C18H29FN2. The topological polar surface area (TPSA) is 15.3 Å². The van der Waals surface area contributed by atoms with E-state index >= 15 is 0 Å². The van der Waals surface area contributed by atoms with Gasteiger partial charge < -0.3 is 5.32 Å². The number of likely N-dealkylation sites (tertiary alicyclic amines) is 1. The van der Waals surface area contributed by atoms with E-state index in [0.717, 1.165) is 18.7 Å². The zero-order chi connectivity index (χ0) is 15.5. The molecule has 0 bridgehead atoms. The number of aryl methyl sites for hydroxylation is 1. The predicted octanol–water partition coefficient (Wildman–Crippen LogP) is 4.05. The van der Waals surface area contributed by atoms with Crippen molar-refractivity contribution in [3.05, 3.63) is 35.1 Å². The first kappa shape index (κ1) is 16.4. The molecule has 0 radical (unpaired) electrons. The van der Waals surface area contributed by atoms with Gasteiger partial charge in [0.25, 0.3) is 0 Å². The van der Waals surface area contributed by atoms with Gasteiger partial charge in [-0.3, -0.25) is 4.90 Å². The third kappa shape index (κ3) is 3.64. The Balaban J connectivity index is 2.29. The Labute approximate surface area is 128 Å². The highest BCUT2D eigenvalue weighted by Crippen LogP contribution is 2.34. The number of halogens is 1. The molecule has 21 heavy (non-hydrogen) atoms. The van der Waals surface area contributed by atoms with E-state index < -0.39 is 0 Å². The average molecular weight is 292 g/mol. The summed E-state index contributed by atoms with van der Waals surface area (Å²) in [7, 11) is 2.01. The first-order valence-electron chi connectivity index (χ1n) is 8.15. The van der Waals surface area contributed by atoms with Crippen molar-refractivity contribution in [1.29, 1.82) is 0 Å². The molecule has 0 spiro atoms. The minimum Gasteiger partial charge on any atom is -0.311 e. The highest BCUT2D eigenvalue weighted by molar-refractivity contribution is 5.32. The van der Waals surface area contributed by atoms with Crippen LogP contribution in [0.25, 0.3) is 0 Å². The van der Waals surface area contributed by atoms with Crippen LogP contribution in [0.4, 0.5) is 4.39 Å². The van der Waals surface area contributed by atoms with Crippen LogP contribution in [-0.4, -0.2) is 30.6 Å². The van der Waals surface area contributed by atoms with Gasteiger partial charge in [-0.1, -0.05) is 18.9 Å². The van der Waals surface area contributed by atoms with Crippen LogP contribution in [0.5, 0.6) is 0 Å². The Kier molecular flexibility index (Phi) is 5.39. The minimum absolute atomic E-state index is 0.0156. The second-order valence-electron chi connectivity index (χ2n) is 6.78. The number of rotatable bonds is 4. The van der Waals surface area contributed by atoms with Gasteiger partial charge in [0.2, 0.25) is 0 Å². The number of nitrogens with one attached hydrogen (secondary N) is 1. The number of hydrogen-bond donors (Lipinski definition) is 1. The summed E-state index contributed by atoms with van der Waals surface area (Å²) in [6, 6.07) is 5.35. The van der Waals surface area contributed by atoms with E-state index in [4.69, 9.17) is 0 Å². The van der Waals surface area contributed by atoms with Crippen molar-refractivity contribution in [2.75, 3.05) is 20.1 Å². The van der Waals surface area contributed by atoms with Crippen molar-refractivity contribution in [3.8, 4) is 0 Å². The summed E-state index contributed by atoms with van der Waals surface area (Å²) < 4.78 is 13.4. The van der Waals surface area contributed by atoms with Gasteiger partial charge in [0, 0.05) is 5.54 Å². The lowest BCUT2D eigenvalue weighted by molar-refractivity contribution is 0.0862. The number of nitrogens with zero attached hydrogens (tertiary/aromatic N) is 1. The lowest BCUT2D eigenvalue weighted by Gasteiger charge is -2.44. The zero-order valence-electron chi connectivity index (χ0n) is 13.9. The third-order valence-electron chi connectivity index (χ3n) is 4.96. The molecular weight excluding hydrogens is 263 g/mol. The first-order chi connectivity index (χ1) is 9.96. The van der Waals surface area contributed by atoms with Crippen molar-refractivity contribution >= 4 is 0 Å². The molecule has 3 heteroatoms. The van der Waals surface area contributed by atoms with Crippen LogP contribution >= 0.6 is 0 Å². The quantitative estimate of drug-likeness (QED) is 0.900. The van der Waals surface area contributed by atoms with Crippen LogP contribution in [0.3, 0.4) is 0 Å². The Morgan fingerprint density at radius 2 is 1.76 bits per heavy atom. The Bertz CT molecular complexity index is 462. The molecule has 1 N–H and O–H groups in total. The van der Waals surface area contributed by atoms with Crippen LogP contribution in [-0.2, 0) is 0 Å². The van der Waals surface area contributed by atoms with Gasteiger partial charge in [-0.2, -0.15) is 0 Å². The molecule has 0 aromatic heterocycles. The van der Waals surface area contributed by atoms with Crippen LogP contribution in [0.1, 0.15) is 56.7 Å². The van der Waals surface area contributed by atoms with E-state index in [1.54, 1.807) is 12.1 Å². The van der Waals surface area contributed by atoms with Crippen molar-refractivity contribution in [2.45, 2.75) is 58.0 Å². The molecule has 2 rings (SSSR count). The summed E-state index contributed by atoms with van der Waals surface area (Å²) in [5, 5.41) is 3.47. The van der Waals surface area contributed by atoms with Gasteiger partial charge in [-0.15, -0.1) is 0 Å². The standard InChI is InChI=1S/C18H29FN2/c1-14-13-15(19)9-10-16(14)17(20-4)18(2,3)21-11-7-5-6-8-12-21/h9-10,13,17,20H,5-8,11-12H2,1-4H3. The molecule has 1 fully saturated rings. The monoisotopic (exact) mass is 292 g/mol. The second kappa shape index (κ2) is 6.89. The number of benzene rings is 1. The molecule has 1 saturated heterocycles. The van der Waals surface area contributed by atoms with Crippen LogP contribution < -0.4 is 5.32 Å². The van der Waals surface area contributed by atoms with Crippen LogP contribution in [0.2, 0.25) is 0 Å². The fourth-order valence-corrected chi connectivity index (χ4v) is 3.68. The maximum atomic E-state index is 13.4. The third-order valence-corrected chi connectivity index (χ3v) is 4.96. The molecule has 1 aliphatic rings. The van der Waals surface area contributed by atoms with Gasteiger partial charge in [0.15, 0.2) is 0 Å². The van der Waals surface area contributed by atoms with E-state index in [9.17, 15) is 4.39 Å². The van der Waals surface area contributed by atoms with E-state index in [1.807, 2.05) is 20.0 Å². The van der Waals surface area contributed by atoms with Crippen molar-refractivity contribution in [1.82, 2.24) is 10.2 Å². The highest BCUT2D eigenvalue weighted by Gasteiger charge is 2.36. The van der Waals surface area contributed by atoms with E-state index in [1.165, 1.54) is 31.2 Å². The fraction of sp³-hybridized carbons (Fsp3) is 0.667. The highest BCUT2D eigenvalue weighted by atomic mass is 19.1. The van der Waals surface area contributed by atoms with Crippen molar-refractivity contribution in [3.63, 3.8) is 0 Å². The van der Waals surface area contributed by atoms with Gasteiger partial charge in [-0.05, 0) is 77.0 Å². The fourth-order valence-electron chi connectivity index (χ4n) is 3.68. The molecule has 0 saturated carbocycles. The van der Waals surface area contributed by atoms with Crippen molar-refractivity contribution in [2.24, 2.45) is 0 Å². The molecule has 1 unspecified atom stereocenters. The predicted molar refractivity (Wildman–Crippen MR) is 87.1 cm³/mol. The average Bonchev–Trinajstić information content (AvgIpc) is 2.71. The van der Waals surface area contributed by atoms with Gasteiger partial charge >= 0.3 is 0 Å². The van der Waals surface area contributed by atoms with E-state index in [-0.39, 0.29) is 17.4 Å². The number of hydrogen-bond acceptors (Lipinski definition) is 2. The summed E-state index contributed by atoms with van der Waals surface area (Å²) in [5.74, 6) is -0.154. The zero-order valence-corrected chi connectivity index (χ0v) is 13.9. The molecule has 1 atom stereocenters. The van der Waals surface area contributed by atoms with Crippen LogP contribution in [0, 0.1) is 12.7 Å². The largest absolute Gasteiger partial charge is 0.311 e. The second-order valence-corrected chi connectivity index (χ2v) is 6.78. The summed E-state index contributed by atoms with van der Waals surface area (Å²) >= 11 is 0. The van der Waals surface area contributed by atoms with Gasteiger partial charge in [0.05, 0.1) is 6.04 Å². The molecule has 118 valence electrons. The Hall–Kier alpha value is -0.930. The van der Waals surface area contributed by atoms with Gasteiger partial charge in [-0.25, -0.2) is 4.39 Å². The lowest BCUT2D eigenvalue weighted by Crippen LogP contribution is -2.52. The molecule has 0 aliphatic carbocycles. The summed E-state index contributed by atoms with van der Waals surface area (Å²) in [5.41, 5.74) is 2.24. The SMILES string of the molecule is CNC(c1ccc(F)cc1C)C(C)(C)N1CCCCCC1. The summed E-state index contributed by atoms with van der Waals surface area (Å²) in [4.78, 5) is 2.60. The Morgan fingerprint density at radius 3 is 2.29 bits per heavy atom. The maximum absolute atomic E-state index is 13.4. The molecule has 1 heterocycles. The summed E-state index contributed by atoms with van der Waals surface area (Å²) in [6.07, 6.45) is 5.24. The van der Waals surface area contributed by atoms with Crippen LogP contribution in [0.15, 0.2) is 18.2 Å². The Morgan fingerprint density at radius 1 is 1.14 bits per heavy atom.